The highest BCUT2D eigenvalue weighted by Crippen LogP contribution is 2.28. The van der Waals surface area contributed by atoms with Gasteiger partial charge in [0.2, 0.25) is 0 Å². The van der Waals surface area contributed by atoms with Crippen LogP contribution in [0.25, 0.3) is 0 Å². The maximum atomic E-state index is 11.5. The van der Waals surface area contributed by atoms with Gasteiger partial charge in [0.1, 0.15) is 0 Å². The topological polar surface area (TPSA) is 64.6 Å². The van der Waals surface area contributed by atoms with Crippen molar-refractivity contribution in [1.29, 1.82) is 0 Å². The van der Waals surface area contributed by atoms with Crippen LogP contribution in [-0.4, -0.2) is 39.7 Å². The fraction of sp³-hybridized carbons (Fsp3) is 0.625. The van der Waals surface area contributed by atoms with Crippen LogP contribution in [0.4, 0.5) is 0 Å². The molecule has 1 saturated heterocycles. The average molecular weight is 327 g/mol. The van der Waals surface area contributed by atoms with Gasteiger partial charge in [-0.15, -0.1) is 0 Å². The van der Waals surface area contributed by atoms with E-state index in [1.165, 1.54) is 0 Å². The lowest BCUT2D eigenvalue weighted by Gasteiger charge is -2.15. The zero-order valence-corrected chi connectivity index (χ0v) is 14.3. The summed E-state index contributed by atoms with van der Waals surface area (Å²) in [5, 5.41) is 3.31. The lowest BCUT2D eigenvalue weighted by Crippen LogP contribution is -2.29. The summed E-state index contributed by atoms with van der Waals surface area (Å²) >= 11 is 0. The van der Waals surface area contributed by atoms with E-state index < -0.39 is 9.84 Å². The van der Waals surface area contributed by atoms with E-state index in [-0.39, 0.29) is 17.5 Å². The van der Waals surface area contributed by atoms with Crippen LogP contribution < -0.4 is 14.8 Å². The Hall–Kier alpha value is -1.27. The van der Waals surface area contributed by atoms with Gasteiger partial charge in [0.15, 0.2) is 21.3 Å². The molecule has 1 atom stereocenters. The van der Waals surface area contributed by atoms with Crippen molar-refractivity contribution in [3.8, 4) is 11.5 Å². The second-order valence-electron chi connectivity index (χ2n) is 6.17. The third-order valence-electron chi connectivity index (χ3n) is 3.63. The lowest BCUT2D eigenvalue weighted by molar-refractivity contribution is 0.256. The molecule has 0 saturated carbocycles. The van der Waals surface area contributed by atoms with Crippen LogP contribution in [0.15, 0.2) is 18.2 Å². The van der Waals surface area contributed by atoms with E-state index in [9.17, 15) is 8.42 Å². The number of hydrogen-bond donors (Lipinski definition) is 1. The first-order valence-electron chi connectivity index (χ1n) is 7.63. The summed E-state index contributed by atoms with van der Waals surface area (Å²) in [6.07, 6.45) is 0.690. The molecule has 22 heavy (non-hydrogen) atoms. The Morgan fingerprint density at radius 2 is 2.09 bits per heavy atom. The predicted molar refractivity (Wildman–Crippen MR) is 87.2 cm³/mol. The van der Waals surface area contributed by atoms with Gasteiger partial charge in [-0.05, 0) is 30.0 Å². The van der Waals surface area contributed by atoms with E-state index in [0.717, 1.165) is 11.3 Å². The maximum Gasteiger partial charge on any atom is 0.161 e. The molecule has 1 N–H and O–H groups in total. The van der Waals surface area contributed by atoms with Gasteiger partial charge in [0, 0.05) is 12.6 Å². The summed E-state index contributed by atoms with van der Waals surface area (Å²) < 4.78 is 34.0. The van der Waals surface area contributed by atoms with Crippen LogP contribution in [-0.2, 0) is 16.4 Å². The largest absolute Gasteiger partial charge is 0.493 e. The molecule has 1 aliphatic heterocycles. The van der Waals surface area contributed by atoms with Crippen LogP contribution in [0.1, 0.15) is 25.8 Å². The second kappa shape index (κ2) is 7.33. The SMILES string of the molecule is COc1ccc(CN[C@H]2CCS(=O)(=O)C2)cc1OCC(C)C. The van der Waals surface area contributed by atoms with Gasteiger partial charge in [0.05, 0.1) is 25.2 Å². The molecule has 0 aromatic heterocycles. The van der Waals surface area contributed by atoms with Gasteiger partial charge in [-0.2, -0.15) is 0 Å². The Kier molecular flexibility index (Phi) is 5.69. The van der Waals surface area contributed by atoms with Crippen LogP contribution in [0, 0.1) is 5.92 Å². The number of benzene rings is 1. The molecular weight excluding hydrogens is 302 g/mol. The van der Waals surface area contributed by atoms with E-state index in [2.05, 4.69) is 19.2 Å². The minimum absolute atomic E-state index is 0.0483. The van der Waals surface area contributed by atoms with Crippen molar-refractivity contribution in [2.45, 2.75) is 32.9 Å². The maximum absolute atomic E-state index is 11.5. The molecule has 0 radical (unpaired) electrons. The molecule has 0 amide bonds. The molecule has 0 aliphatic carbocycles. The summed E-state index contributed by atoms with van der Waals surface area (Å²) in [5.41, 5.74) is 1.06. The molecule has 0 bridgehead atoms. The van der Waals surface area contributed by atoms with Gasteiger partial charge in [-0.3, -0.25) is 0 Å². The number of methoxy groups -OCH3 is 1. The van der Waals surface area contributed by atoms with Crippen molar-refractivity contribution in [3.05, 3.63) is 23.8 Å². The third kappa shape index (κ3) is 4.88. The average Bonchev–Trinajstić information content (AvgIpc) is 2.82. The second-order valence-corrected chi connectivity index (χ2v) is 8.40. The summed E-state index contributed by atoms with van der Waals surface area (Å²) in [7, 11) is -1.22. The summed E-state index contributed by atoms with van der Waals surface area (Å²) in [6.45, 7) is 5.45. The molecule has 5 nitrogen and oxygen atoms in total. The van der Waals surface area contributed by atoms with E-state index in [4.69, 9.17) is 9.47 Å². The number of hydrogen-bond acceptors (Lipinski definition) is 5. The number of ether oxygens (including phenoxy) is 2. The fourth-order valence-electron chi connectivity index (χ4n) is 2.42. The number of rotatable bonds is 7. The summed E-state index contributed by atoms with van der Waals surface area (Å²) in [6, 6.07) is 5.86. The van der Waals surface area contributed by atoms with Crippen molar-refractivity contribution < 1.29 is 17.9 Å². The van der Waals surface area contributed by atoms with Crippen molar-refractivity contribution in [2.24, 2.45) is 5.92 Å². The first-order chi connectivity index (χ1) is 10.4. The van der Waals surface area contributed by atoms with Gasteiger partial charge in [-0.1, -0.05) is 19.9 Å². The molecule has 1 fully saturated rings. The van der Waals surface area contributed by atoms with E-state index >= 15 is 0 Å². The predicted octanol–water partition coefficient (Wildman–Crippen LogP) is 2.01. The Bertz CT molecular complexity index is 598. The summed E-state index contributed by atoms with van der Waals surface area (Å²) in [5.74, 6) is 2.41. The molecule has 1 aliphatic rings. The molecule has 6 heteroatoms. The van der Waals surface area contributed by atoms with Crippen molar-refractivity contribution in [3.63, 3.8) is 0 Å². The monoisotopic (exact) mass is 327 g/mol. The Labute approximate surface area is 132 Å². The minimum Gasteiger partial charge on any atom is -0.493 e. The molecule has 2 rings (SSSR count). The smallest absolute Gasteiger partial charge is 0.161 e. The van der Waals surface area contributed by atoms with Crippen LogP contribution in [0.2, 0.25) is 0 Å². The van der Waals surface area contributed by atoms with Crippen LogP contribution in [0.3, 0.4) is 0 Å². The van der Waals surface area contributed by atoms with Gasteiger partial charge < -0.3 is 14.8 Å². The van der Waals surface area contributed by atoms with Gasteiger partial charge in [0.25, 0.3) is 0 Å². The lowest BCUT2D eigenvalue weighted by atomic mass is 10.1. The normalized spacial score (nSPS) is 20.3. The molecule has 124 valence electrons. The van der Waals surface area contributed by atoms with E-state index in [1.807, 2.05) is 18.2 Å². The minimum atomic E-state index is -2.84. The number of nitrogens with one attached hydrogen (secondary N) is 1. The zero-order chi connectivity index (χ0) is 16.2. The number of sulfone groups is 1. The summed E-state index contributed by atoms with van der Waals surface area (Å²) in [4.78, 5) is 0. The highest BCUT2D eigenvalue weighted by molar-refractivity contribution is 7.91. The van der Waals surface area contributed by atoms with E-state index in [1.54, 1.807) is 7.11 Å². The van der Waals surface area contributed by atoms with Gasteiger partial charge >= 0.3 is 0 Å². The van der Waals surface area contributed by atoms with Crippen molar-refractivity contribution >= 4 is 9.84 Å². The highest BCUT2D eigenvalue weighted by Gasteiger charge is 2.27. The zero-order valence-electron chi connectivity index (χ0n) is 13.5. The van der Waals surface area contributed by atoms with E-state index in [0.29, 0.717) is 31.2 Å². The molecular formula is C16H25NO4S. The van der Waals surface area contributed by atoms with Gasteiger partial charge in [-0.25, -0.2) is 8.42 Å². The fourth-order valence-corrected chi connectivity index (χ4v) is 4.13. The first kappa shape index (κ1) is 17.1. The molecule has 1 aromatic rings. The molecule has 1 aromatic carbocycles. The Morgan fingerprint density at radius 1 is 1.32 bits per heavy atom. The molecule has 1 heterocycles. The van der Waals surface area contributed by atoms with Crippen LogP contribution >= 0.6 is 0 Å². The molecule has 0 spiro atoms. The van der Waals surface area contributed by atoms with Crippen LogP contribution in [0.5, 0.6) is 11.5 Å². The Morgan fingerprint density at radius 3 is 2.68 bits per heavy atom. The quantitative estimate of drug-likeness (QED) is 0.830. The first-order valence-corrected chi connectivity index (χ1v) is 9.45. The Balaban J connectivity index is 1.97. The molecule has 0 unspecified atom stereocenters. The standard InChI is InChI=1S/C16H25NO4S/c1-12(2)10-21-16-8-13(4-5-15(16)20-3)9-17-14-6-7-22(18,19)11-14/h4-5,8,12,14,17H,6-7,9-11H2,1-3H3/t14-/m0/s1. The van der Waals surface area contributed by atoms with Crippen molar-refractivity contribution in [2.75, 3.05) is 25.2 Å². The van der Waals surface area contributed by atoms with Crippen molar-refractivity contribution in [1.82, 2.24) is 5.32 Å². The highest BCUT2D eigenvalue weighted by atomic mass is 32.2. The third-order valence-corrected chi connectivity index (χ3v) is 5.40.